The van der Waals surface area contributed by atoms with E-state index in [2.05, 4.69) is 92.7 Å². The third-order valence-corrected chi connectivity index (χ3v) is 13.1. The second kappa shape index (κ2) is 10.2. The highest BCUT2D eigenvalue weighted by molar-refractivity contribution is 5.89. The van der Waals surface area contributed by atoms with Crippen LogP contribution >= 0.6 is 0 Å². The van der Waals surface area contributed by atoms with Crippen molar-refractivity contribution < 1.29 is 4.74 Å². The molecule has 0 radical (unpaired) electrons. The average molecular weight is 650 g/mol. The van der Waals surface area contributed by atoms with Gasteiger partial charge in [-0.2, -0.15) is 0 Å². The van der Waals surface area contributed by atoms with Crippen LogP contribution in [0.1, 0.15) is 68.2 Å². The quantitative estimate of drug-likeness (QED) is 0.191. The lowest BCUT2D eigenvalue weighted by Crippen LogP contribution is -2.55. The summed E-state index contributed by atoms with van der Waals surface area (Å²) in [6.07, 6.45) is 6.76. The zero-order valence-electron chi connectivity index (χ0n) is 28.6. The fraction of sp³-hybridized carbons (Fsp3) is 0.283. The van der Waals surface area contributed by atoms with E-state index in [-0.39, 0.29) is 10.8 Å². The van der Waals surface area contributed by atoms with Gasteiger partial charge in [-0.1, -0.05) is 111 Å². The van der Waals surface area contributed by atoms with E-state index in [9.17, 15) is 0 Å². The highest BCUT2D eigenvalue weighted by atomic mass is 16.5. The van der Waals surface area contributed by atoms with Crippen molar-refractivity contribution in [1.82, 2.24) is 15.0 Å². The van der Waals surface area contributed by atoms with E-state index in [4.69, 9.17) is 19.7 Å². The summed E-state index contributed by atoms with van der Waals surface area (Å²) in [5, 5.41) is 0. The Morgan fingerprint density at radius 1 is 0.520 bits per heavy atom. The Hall–Kier alpha value is -5.09. The first-order chi connectivity index (χ1) is 24.5. The van der Waals surface area contributed by atoms with Gasteiger partial charge in [-0.05, 0) is 96.2 Å². The van der Waals surface area contributed by atoms with Gasteiger partial charge in [0, 0.05) is 38.6 Å². The molecule has 0 N–H and O–H groups in total. The molecule has 4 heteroatoms. The minimum atomic E-state index is -0.202. The summed E-state index contributed by atoms with van der Waals surface area (Å²) >= 11 is 0. The van der Waals surface area contributed by atoms with Crippen LogP contribution in [0.4, 0.5) is 0 Å². The Balaban J connectivity index is 1.16. The number of aromatic nitrogens is 3. The van der Waals surface area contributed by atoms with Gasteiger partial charge in [0.2, 0.25) is 0 Å². The molecule has 4 saturated carbocycles. The second-order valence-electron chi connectivity index (χ2n) is 16.1. The summed E-state index contributed by atoms with van der Waals surface area (Å²) in [5.41, 5.74) is 11.3. The molecule has 244 valence electrons. The van der Waals surface area contributed by atoms with Gasteiger partial charge in [-0.25, -0.2) is 15.0 Å². The summed E-state index contributed by atoms with van der Waals surface area (Å²) in [7, 11) is 0. The first-order valence-electron chi connectivity index (χ1n) is 18.5. The summed E-state index contributed by atoms with van der Waals surface area (Å²) in [5.74, 6) is 7.14. The molecule has 1 aliphatic heterocycles. The number of fused-ring (bicyclic) bond motifs is 6. The molecule has 6 aliphatic rings. The van der Waals surface area contributed by atoms with E-state index in [0.717, 1.165) is 45.8 Å². The van der Waals surface area contributed by atoms with Gasteiger partial charge >= 0.3 is 0 Å². The van der Waals surface area contributed by atoms with Crippen molar-refractivity contribution in [1.29, 1.82) is 0 Å². The van der Waals surface area contributed by atoms with Gasteiger partial charge in [-0.3, -0.25) is 0 Å². The third-order valence-electron chi connectivity index (χ3n) is 13.1. The van der Waals surface area contributed by atoms with Crippen LogP contribution in [0.15, 0.2) is 115 Å². The van der Waals surface area contributed by atoms with Crippen molar-refractivity contribution >= 4 is 0 Å². The number of ether oxygens (including phenoxy) is 1. The summed E-state index contributed by atoms with van der Waals surface area (Å²) in [4.78, 5) is 15.3. The molecule has 0 atom stereocenters. The summed E-state index contributed by atoms with van der Waals surface area (Å²) < 4.78 is 6.72. The molecule has 1 spiro atoms. The zero-order chi connectivity index (χ0) is 33.2. The Kier molecular flexibility index (Phi) is 5.87. The Bertz CT molecular complexity index is 2260. The van der Waals surface area contributed by atoms with Gasteiger partial charge in [0.1, 0.15) is 11.5 Å². The van der Waals surface area contributed by atoms with Crippen LogP contribution in [0.3, 0.4) is 0 Å². The Morgan fingerprint density at radius 3 is 1.74 bits per heavy atom. The van der Waals surface area contributed by atoms with E-state index in [0.29, 0.717) is 23.5 Å². The summed E-state index contributed by atoms with van der Waals surface area (Å²) in [6.45, 7) is 4.79. The predicted molar refractivity (Wildman–Crippen MR) is 198 cm³/mol. The van der Waals surface area contributed by atoms with Gasteiger partial charge in [-0.15, -0.1) is 0 Å². The van der Waals surface area contributed by atoms with Crippen LogP contribution in [-0.4, -0.2) is 15.0 Å². The van der Waals surface area contributed by atoms with Crippen LogP contribution < -0.4 is 4.74 Å². The van der Waals surface area contributed by atoms with Gasteiger partial charge in [0.05, 0.1) is 0 Å². The molecule has 1 aromatic heterocycles. The molecular weight excluding hydrogens is 611 g/mol. The lowest BCUT2D eigenvalue weighted by molar-refractivity contribution is -0.0399. The van der Waals surface area contributed by atoms with Crippen molar-refractivity contribution in [2.75, 3.05) is 0 Å². The molecular formula is C46H39N3O. The van der Waals surface area contributed by atoms with Gasteiger partial charge < -0.3 is 4.74 Å². The fourth-order valence-electron chi connectivity index (χ4n) is 11.4. The van der Waals surface area contributed by atoms with Crippen molar-refractivity contribution in [3.05, 3.63) is 138 Å². The summed E-state index contributed by atoms with van der Waals surface area (Å²) in [6, 6.07) is 41.1. The van der Waals surface area contributed by atoms with Crippen LogP contribution in [0.25, 0.3) is 45.3 Å². The standard InChI is InChI=1S/C46H39N3O/c1-45(2)35-15-9-10-16-38(35)50-39-20-19-36-40(41(39)45)34-18-17-31(26-37(34)46(36)32-22-27-21-28(24-32)25-33(46)23-27)44-48-42(29-11-5-3-6-12-29)47-43(49-44)30-13-7-4-8-14-30/h3-20,26-28,32-33H,21-25H2,1-2H3. The lowest BCUT2D eigenvalue weighted by Gasteiger charge is -2.61. The Morgan fingerprint density at radius 2 is 1.10 bits per heavy atom. The molecule has 4 nitrogen and oxygen atoms in total. The maximum absolute atomic E-state index is 6.72. The normalized spacial score (nSPS) is 25.8. The average Bonchev–Trinajstić information content (AvgIpc) is 3.44. The predicted octanol–water partition coefficient (Wildman–Crippen LogP) is 11.0. The SMILES string of the molecule is CC1(C)c2ccccc2Oc2ccc3c(c21)-c1ccc(-c2nc(-c4ccccc4)nc(-c4ccccc4)n2)cc1C31C2CC3CC(C2)CC1C3. The maximum Gasteiger partial charge on any atom is 0.164 e. The first-order valence-corrected chi connectivity index (χ1v) is 18.5. The molecule has 0 unspecified atom stereocenters. The van der Waals surface area contributed by atoms with Gasteiger partial charge in [0.25, 0.3) is 0 Å². The number of para-hydroxylation sites is 1. The van der Waals surface area contributed by atoms with Crippen molar-refractivity contribution in [2.45, 2.75) is 56.8 Å². The smallest absolute Gasteiger partial charge is 0.164 e. The number of benzene rings is 5. The number of nitrogens with zero attached hydrogens (tertiary/aromatic N) is 3. The minimum absolute atomic E-state index is 0.00623. The fourth-order valence-corrected chi connectivity index (χ4v) is 11.4. The monoisotopic (exact) mass is 649 g/mol. The highest BCUT2D eigenvalue weighted by Gasteiger charge is 2.62. The molecule has 4 fully saturated rings. The van der Waals surface area contributed by atoms with Crippen LogP contribution in [0.2, 0.25) is 0 Å². The molecule has 12 rings (SSSR count). The molecule has 0 saturated heterocycles. The minimum Gasteiger partial charge on any atom is -0.457 e. The van der Waals surface area contributed by atoms with Crippen LogP contribution in [0, 0.1) is 23.7 Å². The number of hydrogen-bond donors (Lipinski definition) is 0. The van der Waals surface area contributed by atoms with Crippen molar-refractivity contribution in [2.24, 2.45) is 23.7 Å². The van der Waals surface area contributed by atoms with E-state index in [1.54, 1.807) is 5.56 Å². The largest absolute Gasteiger partial charge is 0.457 e. The van der Waals surface area contributed by atoms with Gasteiger partial charge in [0.15, 0.2) is 17.5 Å². The zero-order valence-corrected chi connectivity index (χ0v) is 28.6. The second-order valence-corrected chi connectivity index (χ2v) is 16.1. The first kappa shape index (κ1) is 28.7. The maximum atomic E-state index is 6.72. The van der Waals surface area contributed by atoms with Crippen LogP contribution in [0.5, 0.6) is 11.5 Å². The topological polar surface area (TPSA) is 47.9 Å². The van der Waals surface area contributed by atoms with Crippen molar-refractivity contribution in [3.8, 4) is 56.8 Å². The number of rotatable bonds is 3. The van der Waals surface area contributed by atoms with E-state index in [1.165, 1.54) is 59.9 Å². The highest BCUT2D eigenvalue weighted by Crippen LogP contribution is 2.71. The molecule has 50 heavy (non-hydrogen) atoms. The molecule has 2 heterocycles. The van der Waals surface area contributed by atoms with E-state index in [1.807, 2.05) is 36.4 Å². The third kappa shape index (κ3) is 3.85. The molecule has 5 aromatic carbocycles. The molecule has 0 amide bonds. The van der Waals surface area contributed by atoms with Crippen LogP contribution in [-0.2, 0) is 10.8 Å². The van der Waals surface area contributed by atoms with E-state index >= 15 is 0 Å². The molecule has 5 aliphatic carbocycles. The van der Waals surface area contributed by atoms with Crippen molar-refractivity contribution in [3.63, 3.8) is 0 Å². The Labute approximate surface area is 293 Å². The van der Waals surface area contributed by atoms with E-state index < -0.39 is 0 Å². The molecule has 4 bridgehead atoms. The lowest BCUT2D eigenvalue weighted by atomic mass is 9.43. The molecule has 6 aromatic rings. The number of hydrogen-bond acceptors (Lipinski definition) is 4.